The summed E-state index contributed by atoms with van der Waals surface area (Å²) in [6.07, 6.45) is 1.70. The number of thioether (sulfide) groups is 1. The van der Waals surface area contributed by atoms with Gasteiger partial charge in [0.15, 0.2) is 0 Å². The van der Waals surface area contributed by atoms with Gasteiger partial charge in [-0.1, -0.05) is 0 Å². The zero-order valence-corrected chi connectivity index (χ0v) is 12.4. The number of nitro benzene ring substituents is 1. The molecule has 1 amide bonds. The van der Waals surface area contributed by atoms with Crippen LogP contribution in [0.4, 0.5) is 5.69 Å². The topological polar surface area (TPSA) is 83.7 Å². The third kappa shape index (κ3) is 4.44. The van der Waals surface area contributed by atoms with Crippen LogP contribution in [0.15, 0.2) is 29.2 Å². The van der Waals surface area contributed by atoms with Gasteiger partial charge in [-0.15, -0.1) is 11.8 Å². The smallest absolute Gasteiger partial charge is 0.269 e. The number of nitrogens with zero attached hydrogens (tertiary/aromatic N) is 2. The normalized spacial score (nSPS) is 18.0. The predicted molar refractivity (Wildman–Crippen MR) is 80.2 cm³/mol. The second kappa shape index (κ2) is 7.42. The molecule has 0 aliphatic carbocycles. The minimum Gasteiger partial charge on any atom is -0.396 e. The molecule has 2 rings (SSSR count). The summed E-state index contributed by atoms with van der Waals surface area (Å²) in [6, 6.07) is 6.21. The molecule has 1 fully saturated rings. The van der Waals surface area contributed by atoms with Crippen molar-refractivity contribution in [3.8, 4) is 0 Å². The first-order valence-electron chi connectivity index (χ1n) is 6.86. The van der Waals surface area contributed by atoms with Gasteiger partial charge in [-0.2, -0.15) is 0 Å². The van der Waals surface area contributed by atoms with Crippen LogP contribution < -0.4 is 0 Å². The van der Waals surface area contributed by atoms with E-state index in [1.807, 2.05) is 4.90 Å². The molecule has 0 radical (unpaired) electrons. The minimum absolute atomic E-state index is 0.0528. The molecule has 1 unspecified atom stereocenters. The van der Waals surface area contributed by atoms with Crippen molar-refractivity contribution in [1.29, 1.82) is 0 Å². The number of amides is 1. The van der Waals surface area contributed by atoms with Crippen molar-refractivity contribution in [2.24, 2.45) is 5.92 Å². The Labute approximate surface area is 127 Å². The van der Waals surface area contributed by atoms with E-state index in [0.29, 0.717) is 11.7 Å². The Hall–Kier alpha value is -1.60. The van der Waals surface area contributed by atoms with Crippen molar-refractivity contribution in [1.82, 2.24) is 4.90 Å². The number of non-ortho nitro benzene ring substituents is 1. The maximum absolute atomic E-state index is 12.1. The lowest BCUT2D eigenvalue weighted by Gasteiger charge is -2.16. The summed E-state index contributed by atoms with van der Waals surface area (Å²) in [5.74, 6) is 0.825. The van der Waals surface area contributed by atoms with E-state index < -0.39 is 4.92 Å². The van der Waals surface area contributed by atoms with Crippen molar-refractivity contribution in [2.45, 2.75) is 17.7 Å². The Morgan fingerprint density at radius 3 is 2.76 bits per heavy atom. The summed E-state index contributed by atoms with van der Waals surface area (Å²) >= 11 is 1.39. The van der Waals surface area contributed by atoms with Crippen LogP contribution in [0.3, 0.4) is 0 Å². The lowest BCUT2D eigenvalue weighted by Crippen LogP contribution is -2.30. The van der Waals surface area contributed by atoms with Crippen LogP contribution in [0.5, 0.6) is 0 Å². The molecular weight excluding hydrogens is 292 g/mol. The molecule has 1 aliphatic heterocycles. The fraction of sp³-hybridized carbons (Fsp3) is 0.500. The third-order valence-electron chi connectivity index (χ3n) is 3.59. The van der Waals surface area contributed by atoms with E-state index in [9.17, 15) is 14.9 Å². The van der Waals surface area contributed by atoms with Gasteiger partial charge in [0.05, 0.1) is 10.7 Å². The number of aliphatic hydroxyl groups excluding tert-OH is 1. The summed E-state index contributed by atoms with van der Waals surface area (Å²) in [4.78, 5) is 24.9. The second-order valence-electron chi connectivity index (χ2n) is 5.05. The highest BCUT2D eigenvalue weighted by atomic mass is 32.2. The maximum Gasteiger partial charge on any atom is 0.269 e. The maximum atomic E-state index is 12.1. The summed E-state index contributed by atoms with van der Waals surface area (Å²) < 4.78 is 0. The zero-order chi connectivity index (χ0) is 15.2. The van der Waals surface area contributed by atoms with Gasteiger partial charge in [-0.3, -0.25) is 14.9 Å². The summed E-state index contributed by atoms with van der Waals surface area (Å²) in [5, 5.41) is 19.5. The molecular formula is C14H18N2O4S. The standard InChI is InChI=1S/C14H18N2O4S/c17-8-6-11-5-7-15(9-11)14(18)10-21-13-3-1-12(2-4-13)16(19)20/h1-4,11,17H,5-10H2. The summed E-state index contributed by atoms with van der Waals surface area (Å²) in [5.41, 5.74) is 0.0528. The monoisotopic (exact) mass is 310 g/mol. The molecule has 6 nitrogen and oxygen atoms in total. The van der Waals surface area contributed by atoms with Crippen molar-refractivity contribution >= 4 is 23.4 Å². The van der Waals surface area contributed by atoms with Crippen molar-refractivity contribution in [3.63, 3.8) is 0 Å². The number of likely N-dealkylation sites (tertiary alicyclic amines) is 1. The summed E-state index contributed by atoms with van der Waals surface area (Å²) in [7, 11) is 0. The average molecular weight is 310 g/mol. The molecule has 1 aromatic carbocycles. The Morgan fingerprint density at radius 1 is 1.43 bits per heavy atom. The number of nitro groups is 1. The Kier molecular flexibility index (Phi) is 5.58. The van der Waals surface area contributed by atoms with E-state index in [-0.39, 0.29) is 18.2 Å². The van der Waals surface area contributed by atoms with Crippen molar-refractivity contribution < 1.29 is 14.8 Å². The number of carbonyl (C=O) groups is 1. The number of hydrogen-bond donors (Lipinski definition) is 1. The van der Waals surface area contributed by atoms with Crippen LogP contribution in [0.1, 0.15) is 12.8 Å². The number of benzene rings is 1. The molecule has 0 aromatic heterocycles. The van der Waals surface area contributed by atoms with Crippen LogP contribution in [0.2, 0.25) is 0 Å². The number of carbonyl (C=O) groups excluding carboxylic acids is 1. The van der Waals surface area contributed by atoms with Crippen LogP contribution in [0, 0.1) is 16.0 Å². The van der Waals surface area contributed by atoms with Crippen LogP contribution >= 0.6 is 11.8 Å². The average Bonchev–Trinajstić information content (AvgIpc) is 2.94. The van der Waals surface area contributed by atoms with Crippen LogP contribution in [0.25, 0.3) is 0 Å². The minimum atomic E-state index is -0.439. The lowest BCUT2D eigenvalue weighted by molar-refractivity contribution is -0.384. The first-order chi connectivity index (χ1) is 10.1. The van der Waals surface area contributed by atoms with Gasteiger partial charge in [0.25, 0.3) is 5.69 Å². The Balaban J connectivity index is 1.80. The highest BCUT2D eigenvalue weighted by Crippen LogP contribution is 2.24. The number of aliphatic hydroxyl groups is 1. The quantitative estimate of drug-likeness (QED) is 0.493. The van der Waals surface area contributed by atoms with E-state index in [2.05, 4.69) is 0 Å². The molecule has 0 bridgehead atoms. The molecule has 21 heavy (non-hydrogen) atoms. The SMILES string of the molecule is O=C(CSc1ccc([N+](=O)[O-])cc1)N1CCC(CCO)C1. The van der Waals surface area contributed by atoms with E-state index >= 15 is 0 Å². The molecule has 114 valence electrons. The largest absolute Gasteiger partial charge is 0.396 e. The third-order valence-corrected chi connectivity index (χ3v) is 4.58. The number of rotatable bonds is 6. The second-order valence-corrected chi connectivity index (χ2v) is 6.10. The van der Waals surface area contributed by atoms with Crippen LogP contribution in [-0.4, -0.2) is 46.3 Å². The molecule has 7 heteroatoms. The van der Waals surface area contributed by atoms with Gasteiger partial charge in [0, 0.05) is 36.7 Å². The fourth-order valence-corrected chi connectivity index (χ4v) is 3.18. The highest BCUT2D eigenvalue weighted by molar-refractivity contribution is 8.00. The van der Waals surface area contributed by atoms with Crippen molar-refractivity contribution in [2.75, 3.05) is 25.4 Å². The molecule has 0 saturated carbocycles. The van der Waals surface area contributed by atoms with Crippen molar-refractivity contribution in [3.05, 3.63) is 34.4 Å². The molecule has 0 spiro atoms. The zero-order valence-electron chi connectivity index (χ0n) is 11.6. The molecule has 1 aromatic rings. The summed E-state index contributed by atoms with van der Waals surface area (Å²) in [6.45, 7) is 1.65. The Bertz CT molecular complexity index is 506. The number of hydrogen-bond acceptors (Lipinski definition) is 5. The van der Waals surface area contributed by atoms with Crippen LogP contribution in [-0.2, 0) is 4.79 Å². The van der Waals surface area contributed by atoms with Gasteiger partial charge in [0.1, 0.15) is 0 Å². The molecule has 1 N–H and O–H groups in total. The van der Waals surface area contributed by atoms with Gasteiger partial charge in [0.2, 0.25) is 5.91 Å². The molecule has 1 aliphatic rings. The van der Waals surface area contributed by atoms with E-state index in [1.54, 1.807) is 12.1 Å². The first-order valence-corrected chi connectivity index (χ1v) is 7.84. The lowest BCUT2D eigenvalue weighted by atomic mass is 10.1. The fourth-order valence-electron chi connectivity index (χ4n) is 2.38. The predicted octanol–water partition coefficient (Wildman–Crippen LogP) is 1.92. The molecule has 1 heterocycles. The van der Waals surface area contributed by atoms with Gasteiger partial charge in [-0.05, 0) is 30.9 Å². The van der Waals surface area contributed by atoms with E-state index in [4.69, 9.17) is 5.11 Å². The Morgan fingerprint density at radius 2 is 2.14 bits per heavy atom. The van der Waals surface area contributed by atoms with Gasteiger partial charge < -0.3 is 10.0 Å². The van der Waals surface area contributed by atoms with E-state index in [1.165, 1.54) is 23.9 Å². The van der Waals surface area contributed by atoms with Gasteiger partial charge >= 0.3 is 0 Å². The molecule has 1 saturated heterocycles. The highest BCUT2D eigenvalue weighted by Gasteiger charge is 2.25. The first kappa shape index (κ1) is 15.8. The molecule has 1 atom stereocenters. The van der Waals surface area contributed by atoms with Gasteiger partial charge in [-0.25, -0.2) is 0 Å². The van der Waals surface area contributed by atoms with E-state index in [0.717, 1.165) is 30.8 Å².